The maximum atomic E-state index is 12.1. The summed E-state index contributed by atoms with van der Waals surface area (Å²) < 4.78 is 46.8. The third-order valence-corrected chi connectivity index (χ3v) is 3.17. The lowest BCUT2D eigenvalue weighted by atomic mass is 10.1. The minimum absolute atomic E-state index is 0.0967. The molecular formula is C12H12BrF3O3. The quantitative estimate of drug-likeness (QED) is 0.760. The fourth-order valence-corrected chi connectivity index (χ4v) is 2.17. The van der Waals surface area contributed by atoms with E-state index in [4.69, 9.17) is 9.47 Å². The fourth-order valence-electron chi connectivity index (χ4n) is 1.50. The van der Waals surface area contributed by atoms with Gasteiger partial charge in [-0.1, -0.05) is 0 Å². The molecule has 1 aromatic rings. The molecule has 7 heteroatoms. The number of ether oxygens (including phenoxy) is 2. The first-order valence-corrected chi connectivity index (χ1v) is 6.10. The summed E-state index contributed by atoms with van der Waals surface area (Å²) in [6, 6.07) is 2.88. The lowest BCUT2D eigenvalue weighted by molar-refractivity contribution is -0.133. The van der Waals surface area contributed by atoms with Gasteiger partial charge in [0.05, 0.1) is 26.2 Å². The molecule has 1 rings (SSSR count). The summed E-state index contributed by atoms with van der Waals surface area (Å²) in [6.07, 6.45) is -6.12. The van der Waals surface area contributed by atoms with Crippen LogP contribution in [0.2, 0.25) is 0 Å². The molecule has 0 radical (unpaired) electrons. The molecule has 0 aliphatic rings. The number of rotatable bonds is 5. The van der Waals surface area contributed by atoms with Crippen LogP contribution >= 0.6 is 15.9 Å². The van der Waals surface area contributed by atoms with Gasteiger partial charge in [0.25, 0.3) is 0 Å². The van der Waals surface area contributed by atoms with Gasteiger partial charge in [-0.15, -0.1) is 0 Å². The molecule has 3 nitrogen and oxygen atoms in total. The summed E-state index contributed by atoms with van der Waals surface area (Å²) in [5, 5.41) is 0. The topological polar surface area (TPSA) is 35.5 Å². The Hall–Kier alpha value is -1.24. The molecule has 0 aliphatic carbocycles. The number of alkyl halides is 3. The van der Waals surface area contributed by atoms with E-state index in [0.29, 0.717) is 10.2 Å². The molecule has 0 unspecified atom stereocenters. The Morgan fingerprint density at radius 2 is 1.89 bits per heavy atom. The Kier molecular flexibility index (Phi) is 5.22. The van der Waals surface area contributed by atoms with E-state index in [1.165, 1.54) is 26.4 Å². The molecule has 0 aliphatic heterocycles. The van der Waals surface area contributed by atoms with Crippen LogP contribution < -0.4 is 9.47 Å². The van der Waals surface area contributed by atoms with E-state index in [-0.39, 0.29) is 11.3 Å². The fraction of sp³-hybridized carbons (Fsp3) is 0.417. The van der Waals surface area contributed by atoms with Crippen molar-refractivity contribution < 1.29 is 27.4 Å². The van der Waals surface area contributed by atoms with Crippen molar-refractivity contribution >= 4 is 21.7 Å². The molecule has 106 valence electrons. The number of methoxy groups -OCH3 is 2. The Balaban J connectivity index is 3.00. The first-order chi connectivity index (χ1) is 8.80. The van der Waals surface area contributed by atoms with Gasteiger partial charge in [-0.3, -0.25) is 4.79 Å². The van der Waals surface area contributed by atoms with Crippen LogP contribution in [0.3, 0.4) is 0 Å². The molecular weight excluding hydrogens is 329 g/mol. The van der Waals surface area contributed by atoms with E-state index in [1.807, 2.05) is 0 Å². The van der Waals surface area contributed by atoms with Crippen LogP contribution in [-0.2, 0) is 0 Å². The number of Topliss-reactive ketones (excluding diaryl/α,β-unsaturated/α-hetero) is 1. The second-order valence-corrected chi connectivity index (χ2v) is 4.49. The van der Waals surface area contributed by atoms with E-state index in [2.05, 4.69) is 15.9 Å². The second-order valence-electron chi connectivity index (χ2n) is 3.70. The monoisotopic (exact) mass is 340 g/mol. The van der Waals surface area contributed by atoms with Crippen molar-refractivity contribution in [2.24, 2.45) is 0 Å². The van der Waals surface area contributed by atoms with Crippen molar-refractivity contribution in [2.45, 2.75) is 19.0 Å². The molecule has 0 bridgehead atoms. The smallest absolute Gasteiger partial charge is 0.389 e. The van der Waals surface area contributed by atoms with Crippen molar-refractivity contribution in [2.75, 3.05) is 14.2 Å². The number of ketones is 1. The number of carbonyl (C=O) groups is 1. The van der Waals surface area contributed by atoms with E-state index < -0.39 is 24.8 Å². The molecule has 0 N–H and O–H groups in total. The molecule has 0 saturated heterocycles. The Morgan fingerprint density at radius 1 is 1.26 bits per heavy atom. The summed E-state index contributed by atoms with van der Waals surface area (Å²) in [4.78, 5) is 11.8. The van der Waals surface area contributed by atoms with Crippen LogP contribution in [0.15, 0.2) is 16.6 Å². The average molecular weight is 341 g/mol. The summed E-state index contributed by atoms with van der Waals surface area (Å²) >= 11 is 3.19. The van der Waals surface area contributed by atoms with E-state index >= 15 is 0 Å². The van der Waals surface area contributed by atoms with Crippen LogP contribution in [0.4, 0.5) is 13.2 Å². The van der Waals surface area contributed by atoms with Crippen molar-refractivity contribution in [3.05, 3.63) is 22.2 Å². The standard InChI is InChI=1S/C12H12BrF3O3/c1-18-9-4-3-7(11(19-2)10(9)13)8(17)5-6-12(14,15)16/h3-4H,5-6H2,1-2H3. The molecule has 0 atom stereocenters. The molecule has 0 saturated carbocycles. The predicted octanol–water partition coefficient (Wildman–Crippen LogP) is 3.99. The third-order valence-electron chi connectivity index (χ3n) is 2.42. The normalized spacial score (nSPS) is 11.3. The van der Waals surface area contributed by atoms with Crippen LogP contribution in [0.25, 0.3) is 0 Å². The van der Waals surface area contributed by atoms with Crippen molar-refractivity contribution in [3.8, 4) is 11.5 Å². The number of hydrogen-bond donors (Lipinski definition) is 0. The van der Waals surface area contributed by atoms with Gasteiger partial charge >= 0.3 is 6.18 Å². The number of halogens is 4. The van der Waals surface area contributed by atoms with Gasteiger partial charge in [-0.2, -0.15) is 13.2 Å². The van der Waals surface area contributed by atoms with Crippen molar-refractivity contribution in [1.82, 2.24) is 0 Å². The Morgan fingerprint density at radius 3 is 2.37 bits per heavy atom. The van der Waals surface area contributed by atoms with Gasteiger partial charge in [0, 0.05) is 6.42 Å². The van der Waals surface area contributed by atoms with E-state index in [9.17, 15) is 18.0 Å². The van der Waals surface area contributed by atoms with Gasteiger partial charge in [0.1, 0.15) is 16.0 Å². The van der Waals surface area contributed by atoms with Gasteiger partial charge in [-0.25, -0.2) is 0 Å². The van der Waals surface area contributed by atoms with Gasteiger partial charge < -0.3 is 9.47 Å². The highest BCUT2D eigenvalue weighted by atomic mass is 79.9. The zero-order valence-electron chi connectivity index (χ0n) is 10.3. The number of hydrogen-bond acceptors (Lipinski definition) is 3. The SMILES string of the molecule is COc1ccc(C(=O)CCC(F)(F)F)c(OC)c1Br. The molecule has 0 heterocycles. The van der Waals surface area contributed by atoms with Gasteiger partial charge in [-0.05, 0) is 28.1 Å². The summed E-state index contributed by atoms with van der Waals surface area (Å²) in [7, 11) is 2.77. The predicted molar refractivity (Wildman–Crippen MR) is 66.9 cm³/mol. The van der Waals surface area contributed by atoms with Gasteiger partial charge in [0.15, 0.2) is 5.78 Å². The van der Waals surface area contributed by atoms with Gasteiger partial charge in [0.2, 0.25) is 0 Å². The minimum atomic E-state index is -4.35. The second kappa shape index (κ2) is 6.27. The lowest BCUT2D eigenvalue weighted by Gasteiger charge is -2.13. The zero-order valence-corrected chi connectivity index (χ0v) is 11.9. The first kappa shape index (κ1) is 15.8. The molecule has 0 spiro atoms. The van der Waals surface area contributed by atoms with E-state index in [1.54, 1.807) is 0 Å². The van der Waals surface area contributed by atoms with E-state index in [0.717, 1.165) is 0 Å². The lowest BCUT2D eigenvalue weighted by Crippen LogP contribution is -2.11. The molecule has 1 aromatic carbocycles. The largest absolute Gasteiger partial charge is 0.495 e. The summed E-state index contributed by atoms with van der Waals surface area (Å²) in [5.41, 5.74) is 0.0967. The highest BCUT2D eigenvalue weighted by Crippen LogP contribution is 2.38. The van der Waals surface area contributed by atoms with Crippen LogP contribution in [0.1, 0.15) is 23.2 Å². The zero-order chi connectivity index (χ0) is 14.6. The highest BCUT2D eigenvalue weighted by molar-refractivity contribution is 9.10. The molecule has 0 amide bonds. The molecule has 0 fully saturated rings. The summed E-state index contributed by atoms with van der Waals surface area (Å²) in [5.74, 6) is -0.0201. The minimum Gasteiger partial charge on any atom is -0.495 e. The highest BCUT2D eigenvalue weighted by Gasteiger charge is 2.29. The maximum absolute atomic E-state index is 12.1. The third kappa shape index (κ3) is 4.12. The Labute approximate surface area is 116 Å². The van der Waals surface area contributed by atoms with Crippen LogP contribution in [-0.4, -0.2) is 26.2 Å². The van der Waals surface area contributed by atoms with Crippen LogP contribution in [0.5, 0.6) is 11.5 Å². The molecule has 19 heavy (non-hydrogen) atoms. The maximum Gasteiger partial charge on any atom is 0.389 e. The average Bonchev–Trinajstić information content (AvgIpc) is 2.34. The molecule has 0 aromatic heterocycles. The number of carbonyl (C=O) groups excluding carboxylic acids is 1. The van der Waals surface area contributed by atoms with Crippen molar-refractivity contribution in [3.63, 3.8) is 0 Å². The summed E-state index contributed by atoms with van der Waals surface area (Å²) in [6.45, 7) is 0. The van der Waals surface area contributed by atoms with Crippen molar-refractivity contribution in [1.29, 1.82) is 0 Å². The van der Waals surface area contributed by atoms with Crippen LogP contribution in [0, 0.1) is 0 Å². The number of benzene rings is 1. The Bertz CT molecular complexity index is 472. The first-order valence-electron chi connectivity index (χ1n) is 5.30.